The van der Waals surface area contributed by atoms with Crippen molar-refractivity contribution < 1.29 is 9.53 Å². The molecule has 3 aliphatic rings. The van der Waals surface area contributed by atoms with Crippen molar-refractivity contribution in [2.75, 3.05) is 52.5 Å². The summed E-state index contributed by atoms with van der Waals surface area (Å²) < 4.78 is 7.06. The van der Waals surface area contributed by atoms with Gasteiger partial charge in [-0.3, -0.25) is 14.6 Å². The average Bonchev–Trinajstić information content (AvgIpc) is 3.33. The fourth-order valence-electron chi connectivity index (χ4n) is 4.99. The van der Waals surface area contributed by atoms with E-state index in [-0.39, 0.29) is 12.5 Å². The van der Waals surface area contributed by atoms with Gasteiger partial charge >= 0.3 is 0 Å². The highest BCUT2D eigenvalue weighted by Crippen LogP contribution is 2.26. The van der Waals surface area contributed by atoms with E-state index < -0.39 is 0 Å². The van der Waals surface area contributed by atoms with Gasteiger partial charge in [-0.1, -0.05) is 24.3 Å². The number of rotatable bonds is 5. The molecule has 0 saturated carbocycles. The largest absolute Gasteiger partial charge is 0.379 e. The molecule has 2 fully saturated rings. The van der Waals surface area contributed by atoms with Crippen molar-refractivity contribution in [3.05, 3.63) is 41.2 Å². The molecule has 5 rings (SSSR count). The van der Waals surface area contributed by atoms with Crippen LogP contribution in [0.25, 0.3) is 0 Å². The smallest absolute Gasteiger partial charge is 0.244 e. The number of benzene rings is 1. The summed E-state index contributed by atoms with van der Waals surface area (Å²) in [5.41, 5.74) is 2.97. The minimum Gasteiger partial charge on any atom is -0.379 e. The molecule has 0 N–H and O–H groups in total. The first-order chi connectivity index (χ1) is 15.3. The molecule has 31 heavy (non-hydrogen) atoms. The van der Waals surface area contributed by atoms with Crippen molar-refractivity contribution >= 4 is 5.91 Å². The third-order valence-corrected chi connectivity index (χ3v) is 6.79. The van der Waals surface area contributed by atoms with E-state index in [4.69, 9.17) is 4.74 Å². The van der Waals surface area contributed by atoms with Gasteiger partial charge in [0.2, 0.25) is 5.91 Å². The molecule has 0 spiro atoms. The van der Waals surface area contributed by atoms with Crippen molar-refractivity contribution in [3.8, 4) is 0 Å². The van der Waals surface area contributed by atoms with Crippen LogP contribution < -0.4 is 0 Å². The Morgan fingerprint density at radius 1 is 1.00 bits per heavy atom. The highest BCUT2D eigenvalue weighted by molar-refractivity contribution is 5.76. The van der Waals surface area contributed by atoms with E-state index in [1.54, 1.807) is 4.68 Å². The molecule has 3 heterocycles. The van der Waals surface area contributed by atoms with Gasteiger partial charge in [0, 0.05) is 45.3 Å². The first-order valence-electron chi connectivity index (χ1n) is 11.4. The van der Waals surface area contributed by atoms with E-state index in [1.165, 1.54) is 11.1 Å². The topological polar surface area (TPSA) is 79.6 Å². The number of amides is 1. The third kappa shape index (κ3) is 4.78. The van der Waals surface area contributed by atoms with Crippen LogP contribution in [0.3, 0.4) is 0 Å². The highest BCUT2D eigenvalue weighted by atomic mass is 16.5. The van der Waals surface area contributed by atoms with Gasteiger partial charge in [-0.25, -0.2) is 4.68 Å². The number of hydrogen-bond donors (Lipinski definition) is 0. The molecule has 1 amide bonds. The maximum Gasteiger partial charge on any atom is 0.244 e. The maximum absolute atomic E-state index is 13.0. The van der Waals surface area contributed by atoms with Crippen molar-refractivity contribution in [1.82, 2.24) is 34.9 Å². The second-order valence-corrected chi connectivity index (χ2v) is 8.74. The first-order valence-corrected chi connectivity index (χ1v) is 11.4. The minimum atomic E-state index is 0.104. The summed E-state index contributed by atoms with van der Waals surface area (Å²) in [6, 6.07) is 9.34. The van der Waals surface area contributed by atoms with Gasteiger partial charge in [-0.2, -0.15) is 0 Å². The molecular formula is C22H31N7O2. The maximum atomic E-state index is 13.0. The number of aromatic nitrogens is 4. The Morgan fingerprint density at radius 2 is 1.77 bits per heavy atom. The van der Waals surface area contributed by atoms with Gasteiger partial charge in [0.25, 0.3) is 0 Å². The molecule has 2 saturated heterocycles. The Labute approximate surface area is 182 Å². The number of morpholine rings is 1. The molecule has 1 aliphatic carbocycles. The van der Waals surface area contributed by atoms with Gasteiger partial charge in [0.15, 0.2) is 5.82 Å². The van der Waals surface area contributed by atoms with Gasteiger partial charge in [0.05, 0.1) is 19.8 Å². The monoisotopic (exact) mass is 425 g/mol. The van der Waals surface area contributed by atoms with Crippen LogP contribution in [-0.2, 0) is 35.5 Å². The van der Waals surface area contributed by atoms with Gasteiger partial charge in [-0.05, 0) is 40.8 Å². The normalized spacial score (nSPS) is 21.2. The minimum absolute atomic E-state index is 0.104. The molecule has 2 aromatic rings. The number of ether oxygens (including phenoxy) is 1. The Hall–Kier alpha value is -2.36. The van der Waals surface area contributed by atoms with Crippen LogP contribution in [0.15, 0.2) is 24.3 Å². The standard InChI is InChI=1S/C22H31N7O2/c30-22(17-29-21(23-24-25-29)16-26-10-12-31-13-11-26)28-7-3-6-27(8-9-28)20-14-18-4-1-2-5-19(18)15-20/h1-2,4-5,20H,3,6-17H2. The molecule has 0 bridgehead atoms. The van der Waals surface area contributed by atoms with Gasteiger partial charge < -0.3 is 9.64 Å². The molecule has 0 radical (unpaired) electrons. The first kappa shape index (κ1) is 20.5. The molecule has 9 nitrogen and oxygen atoms in total. The summed E-state index contributed by atoms with van der Waals surface area (Å²) >= 11 is 0. The zero-order chi connectivity index (χ0) is 21.0. The number of fused-ring (bicyclic) bond motifs is 1. The van der Waals surface area contributed by atoms with E-state index in [0.717, 1.165) is 77.6 Å². The fraction of sp³-hybridized carbons (Fsp3) is 0.636. The third-order valence-electron chi connectivity index (χ3n) is 6.79. The number of carbonyl (C=O) groups excluding carboxylic acids is 1. The lowest BCUT2D eigenvalue weighted by molar-refractivity contribution is -0.132. The predicted molar refractivity (Wildman–Crippen MR) is 114 cm³/mol. The zero-order valence-electron chi connectivity index (χ0n) is 18.0. The van der Waals surface area contributed by atoms with Crippen molar-refractivity contribution in [3.63, 3.8) is 0 Å². The summed E-state index contributed by atoms with van der Waals surface area (Å²) in [7, 11) is 0. The zero-order valence-corrected chi connectivity index (χ0v) is 18.0. The van der Waals surface area contributed by atoms with Crippen molar-refractivity contribution in [1.29, 1.82) is 0 Å². The second kappa shape index (κ2) is 9.42. The van der Waals surface area contributed by atoms with E-state index in [1.807, 2.05) is 4.90 Å². The lowest BCUT2D eigenvalue weighted by Gasteiger charge is -2.27. The SMILES string of the molecule is O=C(Cn1nnnc1CN1CCOCC1)N1CCCN(C2Cc3ccccc3C2)CC1. The van der Waals surface area contributed by atoms with Crippen LogP contribution in [-0.4, -0.2) is 99.3 Å². The summed E-state index contributed by atoms with van der Waals surface area (Å²) in [5.74, 6) is 0.850. The molecule has 0 unspecified atom stereocenters. The Bertz CT molecular complexity index is 870. The number of nitrogens with zero attached hydrogens (tertiary/aromatic N) is 7. The van der Waals surface area contributed by atoms with Crippen LogP contribution in [0.1, 0.15) is 23.4 Å². The van der Waals surface area contributed by atoms with Gasteiger partial charge in [0.1, 0.15) is 6.54 Å². The van der Waals surface area contributed by atoms with E-state index in [9.17, 15) is 4.79 Å². The van der Waals surface area contributed by atoms with Crippen LogP contribution in [0.2, 0.25) is 0 Å². The fourth-order valence-corrected chi connectivity index (χ4v) is 4.99. The molecule has 9 heteroatoms. The van der Waals surface area contributed by atoms with E-state index in [2.05, 4.69) is 49.6 Å². The molecule has 2 aliphatic heterocycles. The summed E-state index contributed by atoms with van der Waals surface area (Å²) in [6.45, 7) is 7.62. The number of carbonyl (C=O) groups is 1. The second-order valence-electron chi connectivity index (χ2n) is 8.74. The Morgan fingerprint density at radius 3 is 2.55 bits per heavy atom. The van der Waals surface area contributed by atoms with Crippen LogP contribution in [0.5, 0.6) is 0 Å². The van der Waals surface area contributed by atoms with Crippen LogP contribution in [0.4, 0.5) is 0 Å². The number of hydrogen-bond acceptors (Lipinski definition) is 7. The molecule has 0 atom stereocenters. The quantitative estimate of drug-likeness (QED) is 0.677. The lowest BCUT2D eigenvalue weighted by Crippen LogP contribution is -2.41. The Balaban J connectivity index is 1.15. The van der Waals surface area contributed by atoms with E-state index in [0.29, 0.717) is 12.6 Å². The lowest BCUT2D eigenvalue weighted by atomic mass is 10.1. The van der Waals surface area contributed by atoms with E-state index >= 15 is 0 Å². The molecular weight excluding hydrogens is 394 g/mol. The highest BCUT2D eigenvalue weighted by Gasteiger charge is 2.29. The van der Waals surface area contributed by atoms with Crippen LogP contribution in [0, 0.1) is 0 Å². The molecule has 1 aromatic heterocycles. The van der Waals surface area contributed by atoms with Gasteiger partial charge in [-0.15, -0.1) is 5.10 Å². The summed E-state index contributed by atoms with van der Waals surface area (Å²) in [4.78, 5) is 19.9. The average molecular weight is 426 g/mol. The Kier molecular flexibility index (Phi) is 6.24. The van der Waals surface area contributed by atoms with Crippen LogP contribution >= 0.6 is 0 Å². The summed E-state index contributed by atoms with van der Waals surface area (Å²) in [6.07, 6.45) is 3.26. The number of tetrazole rings is 1. The summed E-state index contributed by atoms with van der Waals surface area (Å²) in [5, 5.41) is 12.0. The molecule has 1 aromatic carbocycles. The van der Waals surface area contributed by atoms with Crippen molar-refractivity contribution in [2.24, 2.45) is 0 Å². The predicted octanol–water partition coefficient (Wildman–Crippen LogP) is 0.207. The molecule has 166 valence electrons. The van der Waals surface area contributed by atoms with Crippen molar-refractivity contribution in [2.45, 2.75) is 38.4 Å².